The van der Waals surface area contributed by atoms with Crippen molar-refractivity contribution in [3.8, 4) is 0 Å². The van der Waals surface area contributed by atoms with Gasteiger partial charge in [0, 0.05) is 17.3 Å². The number of hydrogen-bond acceptors (Lipinski definition) is 11. The zero-order valence-corrected chi connectivity index (χ0v) is 18.7. The second-order valence-electron chi connectivity index (χ2n) is 6.92. The number of ketones is 1. The van der Waals surface area contributed by atoms with Crippen molar-refractivity contribution >= 4 is 57.7 Å². The highest BCUT2D eigenvalue weighted by Gasteiger charge is 2.54. The minimum Gasteiger partial charge on any atom is -0.477 e. The molecule has 0 aromatic carbocycles. The fraction of sp³-hybridized carbons (Fsp3) is 0.389. The number of β-lactam (4-membered cyclic amide) rings is 1. The van der Waals surface area contributed by atoms with Crippen LogP contribution < -0.4 is 11.1 Å². The molecule has 5 N–H and O–H groups in total. The van der Waals surface area contributed by atoms with Crippen molar-refractivity contribution < 1.29 is 29.5 Å². The topological polar surface area (TPSA) is 188 Å². The van der Waals surface area contributed by atoms with Gasteiger partial charge in [-0.15, -0.1) is 11.8 Å². The molecule has 3 rings (SSSR count). The number of Topliss-reactive ketones (excluding diaryl/α,β-unsaturated/α-hetero) is 1. The van der Waals surface area contributed by atoms with E-state index in [-0.39, 0.29) is 28.2 Å². The number of carboxylic acids is 1. The lowest BCUT2D eigenvalue weighted by atomic mass is 9.99. The molecule has 0 saturated carbocycles. The molecule has 0 aliphatic carbocycles. The summed E-state index contributed by atoms with van der Waals surface area (Å²) in [6, 6.07) is -1.04. The van der Waals surface area contributed by atoms with Crippen LogP contribution in [0, 0.1) is 0 Å². The van der Waals surface area contributed by atoms with Crippen molar-refractivity contribution in [1.29, 1.82) is 0 Å². The maximum atomic E-state index is 12.8. The number of aromatic nitrogens is 2. The summed E-state index contributed by atoms with van der Waals surface area (Å²) in [6.45, 7) is 3.31. The second kappa shape index (κ2) is 9.48. The maximum absolute atomic E-state index is 12.8. The molecule has 3 heterocycles. The highest BCUT2D eigenvalue weighted by atomic mass is 32.2. The Balaban J connectivity index is 1.83. The van der Waals surface area contributed by atoms with E-state index in [1.165, 1.54) is 24.8 Å². The highest BCUT2D eigenvalue weighted by Crippen LogP contribution is 2.41. The average Bonchev–Trinajstić information content (AvgIpc) is 3.17. The fourth-order valence-electron chi connectivity index (χ4n) is 3.32. The molecule has 1 unspecified atom stereocenters. The Kier molecular flexibility index (Phi) is 6.93. The van der Waals surface area contributed by atoms with Crippen LogP contribution in [-0.2, 0) is 19.2 Å². The van der Waals surface area contributed by atoms with E-state index in [4.69, 9.17) is 5.73 Å². The summed E-state index contributed by atoms with van der Waals surface area (Å²) < 4.78 is 3.80. The number of thioether (sulfide) groups is 1. The van der Waals surface area contributed by atoms with Crippen LogP contribution in [-0.4, -0.2) is 71.0 Å². The number of aliphatic carboxylic acids is 1. The first-order chi connectivity index (χ1) is 15.2. The number of carbonyl (C=O) groups is 4. The summed E-state index contributed by atoms with van der Waals surface area (Å²) in [5, 5.41) is 23.6. The highest BCUT2D eigenvalue weighted by molar-refractivity contribution is 8.00. The van der Waals surface area contributed by atoms with Crippen LogP contribution in [0.2, 0.25) is 0 Å². The van der Waals surface area contributed by atoms with Crippen molar-refractivity contribution in [2.24, 2.45) is 5.16 Å². The second-order valence-corrected chi connectivity index (χ2v) is 8.81. The summed E-state index contributed by atoms with van der Waals surface area (Å²) >= 11 is 2.05. The lowest BCUT2D eigenvalue weighted by Gasteiger charge is -2.49. The normalized spacial score (nSPS) is 21.2. The molecule has 2 aliphatic heterocycles. The summed E-state index contributed by atoms with van der Waals surface area (Å²) in [5.41, 5.74) is 5.58. The number of anilines is 1. The van der Waals surface area contributed by atoms with Gasteiger partial charge in [-0.25, -0.2) is 4.79 Å². The molecule has 1 aromatic rings. The molecule has 0 bridgehead atoms. The van der Waals surface area contributed by atoms with Gasteiger partial charge in [-0.3, -0.25) is 19.3 Å². The van der Waals surface area contributed by atoms with E-state index in [2.05, 4.69) is 19.8 Å². The van der Waals surface area contributed by atoms with Crippen molar-refractivity contribution in [2.75, 3.05) is 11.5 Å². The number of fused-ring (bicyclic) bond motifs is 1. The number of nitrogen functional groups attached to an aromatic ring is 1. The Hall–Kier alpha value is -3.26. The van der Waals surface area contributed by atoms with Crippen molar-refractivity contribution in [2.45, 2.75) is 38.1 Å². The van der Waals surface area contributed by atoms with Gasteiger partial charge in [-0.1, -0.05) is 18.5 Å². The summed E-state index contributed by atoms with van der Waals surface area (Å²) in [4.78, 5) is 53.9. The Labute approximate surface area is 190 Å². The van der Waals surface area contributed by atoms with Gasteiger partial charge in [0.15, 0.2) is 10.9 Å². The van der Waals surface area contributed by atoms with Crippen LogP contribution in [0.15, 0.2) is 28.1 Å². The van der Waals surface area contributed by atoms with Crippen molar-refractivity contribution in [1.82, 2.24) is 19.6 Å². The van der Waals surface area contributed by atoms with Gasteiger partial charge >= 0.3 is 5.97 Å². The minimum atomic E-state index is -1.31. The SMILES string of the molecule is CCC/C(=C\C1=C(C(=O)O)N2C(=O)C(NC(=O)/C(=N\O)c3nsc(N)n3)[C@H]2SC1)C(C)=O. The average molecular weight is 481 g/mol. The van der Waals surface area contributed by atoms with E-state index in [1.807, 2.05) is 6.92 Å². The molecule has 1 fully saturated rings. The molecule has 14 heteroatoms. The number of amides is 2. The van der Waals surface area contributed by atoms with E-state index >= 15 is 0 Å². The predicted molar refractivity (Wildman–Crippen MR) is 116 cm³/mol. The van der Waals surface area contributed by atoms with Gasteiger partial charge in [-0.2, -0.15) is 9.36 Å². The third kappa shape index (κ3) is 4.36. The Morgan fingerprint density at radius 1 is 1.41 bits per heavy atom. The molecular weight excluding hydrogens is 460 g/mol. The van der Waals surface area contributed by atoms with Gasteiger partial charge in [-0.05, 0) is 30.6 Å². The molecule has 2 atom stereocenters. The number of allylic oxidation sites excluding steroid dienone is 2. The maximum Gasteiger partial charge on any atom is 0.352 e. The monoisotopic (exact) mass is 480 g/mol. The molecule has 1 aromatic heterocycles. The first kappa shape index (κ1) is 23.4. The first-order valence-electron chi connectivity index (χ1n) is 9.44. The summed E-state index contributed by atoms with van der Waals surface area (Å²) in [7, 11) is 0. The number of nitrogens with zero attached hydrogens (tertiary/aromatic N) is 4. The van der Waals surface area contributed by atoms with Crippen LogP contribution in [0.25, 0.3) is 0 Å². The van der Waals surface area contributed by atoms with Crippen LogP contribution in [0.4, 0.5) is 5.13 Å². The zero-order valence-electron chi connectivity index (χ0n) is 17.1. The molecule has 32 heavy (non-hydrogen) atoms. The quantitative estimate of drug-likeness (QED) is 0.133. The molecule has 0 spiro atoms. The summed E-state index contributed by atoms with van der Waals surface area (Å²) in [6.07, 6.45) is 2.74. The molecule has 0 radical (unpaired) electrons. The molecule has 170 valence electrons. The van der Waals surface area contributed by atoms with E-state index < -0.39 is 34.9 Å². The Bertz CT molecular complexity index is 1080. The van der Waals surface area contributed by atoms with E-state index in [1.54, 1.807) is 0 Å². The van der Waals surface area contributed by atoms with Gasteiger partial charge < -0.3 is 21.4 Å². The summed E-state index contributed by atoms with van der Waals surface area (Å²) in [5.74, 6) is -2.98. The molecule has 2 amide bonds. The third-order valence-electron chi connectivity index (χ3n) is 4.78. The Morgan fingerprint density at radius 3 is 2.66 bits per heavy atom. The number of nitrogens with one attached hydrogen (secondary N) is 1. The first-order valence-corrected chi connectivity index (χ1v) is 11.3. The van der Waals surface area contributed by atoms with Gasteiger partial charge in [0.2, 0.25) is 11.5 Å². The molecule has 1 saturated heterocycles. The van der Waals surface area contributed by atoms with E-state index in [0.29, 0.717) is 24.0 Å². The molecule has 12 nitrogen and oxygen atoms in total. The largest absolute Gasteiger partial charge is 0.477 e. The van der Waals surface area contributed by atoms with Gasteiger partial charge in [0.1, 0.15) is 17.1 Å². The van der Waals surface area contributed by atoms with Crippen LogP contribution in [0.5, 0.6) is 0 Å². The van der Waals surface area contributed by atoms with Crippen LogP contribution in [0.1, 0.15) is 32.5 Å². The number of oxime groups is 1. The number of carboxylic acid groups (broad SMARTS) is 1. The zero-order chi connectivity index (χ0) is 23.6. The molecular formula is C18H20N6O6S2. The van der Waals surface area contributed by atoms with Crippen molar-refractivity contribution in [3.05, 3.63) is 28.7 Å². The van der Waals surface area contributed by atoms with Crippen LogP contribution >= 0.6 is 23.3 Å². The third-order valence-corrected chi connectivity index (χ3v) is 6.62. The van der Waals surface area contributed by atoms with Gasteiger partial charge in [0.05, 0.1) is 0 Å². The lowest BCUT2D eigenvalue weighted by Crippen LogP contribution is -2.71. The molecule has 2 aliphatic rings. The standard InChI is InChI=1S/C18H20N6O6S2/c1-3-4-8(7(2)25)5-9-6-31-16-11(15(27)24(16)12(9)17(28)29)20-14(26)10(22-30)13-21-18(19)32-23-13/h5,11,16,30H,3-4,6H2,1-2H3,(H,20,26)(H,28,29)(H2,19,21,23)/b8-5+,22-10-/t11?,16-/m1/s1. The van der Waals surface area contributed by atoms with E-state index in [9.17, 15) is 29.5 Å². The van der Waals surface area contributed by atoms with E-state index in [0.717, 1.165) is 16.4 Å². The number of nitrogens with two attached hydrogens (primary N) is 1. The fourth-order valence-corrected chi connectivity index (χ4v) is 5.06. The number of carbonyl (C=O) groups excluding carboxylic acids is 3. The number of hydrogen-bond donors (Lipinski definition) is 4. The van der Waals surface area contributed by atoms with Crippen LogP contribution in [0.3, 0.4) is 0 Å². The van der Waals surface area contributed by atoms with Gasteiger partial charge in [0.25, 0.3) is 11.8 Å². The van der Waals surface area contributed by atoms with Crippen molar-refractivity contribution in [3.63, 3.8) is 0 Å². The lowest BCUT2D eigenvalue weighted by molar-refractivity contribution is -0.150. The predicted octanol–water partition coefficient (Wildman–Crippen LogP) is 0.353. The minimum absolute atomic E-state index is 0.0625. The Morgan fingerprint density at radius 2 is 2.12 bits per heavy atom. The number of rotatable bonds is 8. The smallest absolute Gasteiger partial charge is 0.352 e.